The molecule has 0 heterocycles. The van der Waals surface area contributed by atoms with Crippen molar-refractivity contribution in [2.45, 2.75) is 72.3 Å². The second-order valence-corrected chi connectivity index (χ2v) is 7.48. The molecule has 3 heteroatoms. The lowest BCUT2D eigenvalue weighted by Gasteiger charge is -2.26. The van der Waals surface area contributed by atoms with Gasteiger partial charge in [0.1, 0.15) is 0 Å². The first kappa shape index (κ1) is 19.7. The minimum Gasteiger partial charge on any atom is -0.479 e. The summed E-state index contributed by atoms with van der Waals surface area (Å²) >= 11 is 0. The van der Waals surface area contributed by atoms with Gasteiger partial charge in [0.25, 0.3) is 0 Å². The van der Waals surface area contributed by atoms with Crippen molar-refractivity contribution in [2.24, 2.45) is 0 Å². The molecule has 0 bridgehead atoms. The molecule has 21 heavy (non-hydrogen) atoms. The van der Waals surface area contributed by atoms with Crippen LogP contribution in [-0.2, 0) is 22.0 Å². The van der Waals surface area contributed by atoms with Crippen molar-refractivity contribution in [3.63, 3.8) is 0 Å². The number of aliphatic carboxylic acids is 1. The molecule has 0 aliphatic rings. The van der Waals surface area contributed by atoms with Crippen molar-refractivity contribution in [3.8, 4) is 0 Å². The smallest absolute Gasteiger partial charge is 0.332 e. The maximum Gasteiger partial charge on any atom is 0.332 e. The lowest BCUT2D eigenvalue weighted by molar-refractivity contribution is -0.146. The Morgan fingerprint density at radius 1 is 1.00 bits per heavy atom. The van der Waals surface area contributed by atoms with Gasteiger partial charge in [0, 0.05) is 6.42 Å². The number of hydrogen-bond donors (Lipinski definition) is 2. The topological polar surface area (TPSA) is 57.5 Å². The fourth-order valence-corrected chi connectivity index (χ4v) is 1.99. The summed E-state index contributed by atoms with van der Waals surface area (Å²) < 4.78 is 0. The van der Waals surface area contributed by atoms with Crippen LogP contribution in [0, 0.1) is 0 Å². The second-order valence-electron chi connectivity index (χ2n) is 7.48. The fourth-order valence-electron chi connectivity index (χ4n) is 1.99. The average molecular weight is 294 g/mol. The Bertz CT molecular complexity index is 458. The predicted molar refractivity (Wildman–Crippen MR) is 87.9 cm³/mol. The van der Waals surface area contributed by atoms with Crippen LogP contribution in [0.25, 0.3) is 0 Å². The Morgan fingerprint density at radius 2 is 1.38 bits per heavy atom. The molecule has 1 unspecified atom stereocenters. The normalized spacial score (nSPS) is 13.5. The van der Waals surface area contributed by atoms with Crippen molar-refractivity contribution in [2.75, 3.05) is 0 Å². The van der Waals surface area contributed by atoms with E-state index in [9.17, 15) is 9.90 Å². The summed E-state index contributed by atoms with van der Waals surface area (Å²) in [6.07, 6.45) is -1.21. The first-order valence-corrected chi connectivity index (χ1v) is 6.97. The van der Waals surface area contributed by atoms with E-state index in [4.69, 9.17) is 5.11 Å². The zero-order valence-electron chi connectivity index (χ0n) is 13.3. The summed E-state index contributed by atoms with van der Waals surface area (Å²) in [7, 11) is 0. The van der Waals surface area contributed by atoms with Crippen molar-refractivity contribution in [1.82, 2.24) is 0 Å². The highest BCUT2D eigenvalue weighted by molar-refractivity contribution is 5.72. The van der Waals surface area contributed by atoms with E-state index in [1.165, 1.54) is 0 Å². The molecule has 0 aromatic heterocycles. The van der Waals surface area contributed by atoms with Crippen LogP contribution in [0.2, 0.25) is 0 Å². The minimum atomic E-state index is -1.35. The number of rotatable bonds is 3. The van der Waals surface area contributed by atoms with Crippen LogP contribution in [-0.4, -0.2) is 22.3 Å². The molecule has 0 amide bonds. The van der Waals surface area contributed by atoms with Gasteiger partial charge < -0.3 is 10.2 Å². The van der Waals surface area contributed by atoms with Crippen LogP contribution in [0.3, 0.4) is 0 Å². The number of carboxylic acids is 1. The molecule has 0 fully saturated rings. The van der Waals surface area contributed by atoms with Gasteiger partial charge in [0.05, 0.1) is 0 Å². The monoisotopic (exact) mass is 294 g/mol. The van der Waals surface area contributed by atoms with Crippen molar-refractivity contribution in [3.05, 3.63) is 34.9 Å². The Morgan fingerprint density at radius 3 is 1.67 bits per heavy atom. The zero-order chi connectivity index (χ0) is 15.7. The van der Waals surface area contributed by atoms with E-state index in [1.54, 1.807) is 0 Å². The van der Waals surface area contributed by atoms with E-state index in [-0.39, 0.29) is 24.7 Å². The third-order valence-corrected chi connectivity index (χ3v) is 3.44. The van der Waals surface area contributed by atoms with Gasteiger partial charge in [-0.3, -0.25) is 0 Å². The summed E-state index contributed by atoms with van der Waals surface area (Å²) in [5.41, 5.74) is 3.18. The number of hydrogen-bond acceptors (Lipinski definition) is 2. The van der Waals surface area contributed by atoms with E-state index >= 15 is 0 Å². The first-order chi connectivity index (χ1) is 8.91. The quantitative estimate of drug-likeness (QED) is 0.888. The molecule has 3 nitrogen and oxygen atoms in total. The standard InChI is InChI=1S/C17H26O3.CH4/c1-16(2,3)12-7-11(9-14(18)15(19)20)8-13(10-12)17(4,5)6;/h7-8,10,14,18H,9H2,1-6H3,(H,19,20);1H4. The van der Waals surface area contributed by atoms with Gasteiger partial charge in [-0.25, -0.2) is 4.79 Å². The molecule has 0 spiro atoms. The van der Waals surface area contributed by atoms with Crippen LogP contribution in [0.5, 0.6) is 0 Å². The van der Waals surface area contributed by atoms with E-state index in [2.05, 4.69) is 47.6 Å². The predicted octanol–water partition coefficient (Wildman–Crippen LogP) is 3.91. The second kappa shape index (κ2) is 6.61. The maximum absolute atomic E-state index is 10.8. The van der Waals surface area contributed by atoms with Crippen LogP contribution in [0.4, 0.5) is 0 Å². The van der Waals surface area contributed by atoms with Gasteiger partial charge in [-0.15, -0.1) is 0 Å². The highest BCUT2D eigenvalue weighted by Crippen LogP contribution is 2.30. The van der Waals surface area contributed by atoms with Gasteiger partial charge in [0.2, 0.25) is 0 Å². The van der Waals surface area contributed by atoms with Crippen molar-refractivity contribution in [1.29, 1.82) is 0 Å². The highest BCUT2D eigenvalue weighted by Gasteiger charge is 2.22. The van der Waals surface area contributed by atoms with E-state index < -0.39 is 12.1 Å². The van der Waals surface area contributed by atoms with Crippen LogP contribution in [0.1, 0.15) is 65.7 Å². The van der Waals surface area contributed by atoms with Gasteiger partial charge in [0.15, 0.2) is 6.10 Å². The van der Waals surface area contributed by atoms with Gasteiger partial charge in [-0.1, -0.05) is 67.2 Å². The molecular weight excluding hydrogens is 264 g/mol. The van der Waals surface area contributed by atoms with Gasteiger partial charge in [-0.05, 0) is 27.5 Å². The SMILES string of the molecule is C.CC(C)(C)c1cc(CC(O)C(=O)O)cc(C(C)(C)C)c1. The summed E-state index contributed by atoms with van der Waals surface area (Å²) in [5, 5.41) is 18.4. The van der Waals surface area contributed by atoms with E-state index in [1.807, 2.05) is 12.1 Å². The summed E-state index contributed by atoms with van der Waals surface area (Å²) in [6, 6.07) is 6.18. The number of benzene rings is 1. The molecular formula is C18H30O3. The Kier molecular flexibility index (Phi) is 6.18. The molecule has 0 radical (unpaired) electrons. The first-order valence-electron chi connectivity index (χ1n) is 6.97. The Hall–Kier alpha value is -1.35. The molecule has 0 saturated heterocycles. The molecule has 0 aliphatic carbocycles. The van der Waals surface area contributed by atoms with E-state index in [0.717, 1.165) is 16.7 Å². The van der Waals surface area contributed by atoms with Crippen molar-refractivity contribution >= 4 is 5.97 Å². The van der Waals surface area contributed by atoms with Crippen LogP contribution < -0.4 is 0 Å². The minimum absolute atomic E-state index is 0. The molecule has 1 rings (SSSR count). The maximum atomic E-state index is 10.8. The third kappa shape index (κ3) is 5.50. The summed E-state index contributed by atoms with van der Waals surface area (Å²) in [4.78, 5) is 10.8. The molecule has 1 aromatic carbocycles. The Balaban J connectivity index is 0.00000400. The zero-order valence-corrected chi connectivity index (χ0v) is 13.3. The highest BCUT2D eigenvalue weighted by atomic mass is 16.4. The number of aliphatic hydroxyl groups excluding tert-OH is 1. The number of aliphatic hydroxyl groups is 1. The lowest BCUT2D eigenvalue weighted by Crippen LogP contribution is -2.23. The molecule has 1 atom stereocenters. The molecule has 2 N–H and O–H groups in total. The number of carboxylic acid groups (broad SMARTS) is 1. The molecule has 120 valence electrons. The van der Waals surface area contributed by atoms with Crippen molar-refractivity contribution < 1.29 is 15.0 Å². The molecule has 0 aliphatic heterocycles. The van der Waals surface area contributed by atoms with Gasteiger partial charge in [-0.2, -0.15) is 0 Å². The average Bonchev–Trinajstić information content (AvgIpc) is 2.26. The van der Waals surface area contributed by atoms with Crippen LogP contribution in [0.15, 0.2) is 18.2 Å². The lowest BCUT2D eigenvalue weighted by atomic mass is 9.79. The Labute approximate surface area is 129 Å². The van der Waals surface area contributed by atoms with Crippen LogP contribution >= 0.6 is 0 Å². The summed E-state index contributed by atoms with van der Waals surface area (Å²) in [6.45, 7) is 12.8. The molecule has 0 saturated carbocycles. The largest absolute Gasteiger partial charge is 0.479 e. The fraction of sp³-hybridized carbons (Fsp3) is 0.611. The van der Waals surface area contributed by atoms with E-state index in [0.29, 0.717) is 0 Å². The molecule has 1 aromatic rings. The van der Waals surface area contributed by atoms with Gasteiger partial charge >= 0.3 is 5.97 Å². The third-order valence-electron chi connectivity index (χ3n) is 3.44. The summed E-state index contributed by atoms with van der Waals surface area (Å²) in [5.74, 6) is -1.18. The number of carbonyl (C=O) groups is 1.